The van der Waals surface area contributed by atoms with Crippen molar-refractivity contribution in [2.75, 3.05) is 5.32 Å². The number of aromatic nitrogens is 4. The number of nitrogens with one attached hydrogen (secondary N) is 2. The molecule has 0 spiro atoms. The minimum absolute atomic E-state index is 0.198. The molecule has 0 bridgehead atoms. The maximum absolute atomic E-state index is 11.8. The van der Waals surface area contributed by atoms with Crippen LogP contribution in [0.2, 0.25) is 0 Å². The third-order valence-electron chi connectivity index (χ3n) is 2.29. The number of rotatable bonds is 4. The van der Waals surface area contributed by atoms with Gasteiger partial charge in [-0.3, -0.25) is 14.7 Å². The summed E-state index contributed by atoms with van der Waals surface area (Å²) in [6.45, 7) is 2.43. The fraction of sp³-hybridized carbons (Fsp3) is 0.273. The van der Waals surface area contributed by atoms with Gasteiger partial charge in [-0.05, 0) is 12.5 Å². The molecule has 0 aromatic carbocycles. The van der Waals surface area contributed by atoms with Crippen LogP contribution >= 0.6 is 0 Å². The monoisotopic (exact) mass is 247 g/mol. The van der Waals surface area contributed by atoms with E-state index in [4.69, 9.17) is 0 Å². The normalized spacial score (nSPS) is 10.3. The Hall–Kier alpha value is -2.44. The minimum Gasteiger partial charge on any atom is -0.318 e. The number of aromatic amines is 1. The molecule has 7 heteroatoms. The number of amides is 1. The van der Waals surface area contributed by atoms with Crippen molar-refractivity contribution < 1.29 is 4.79 Å². The van der Waals surface area contributed by atoms with Crippen molar-refractivity contribution in [1.29, 1.82) is 0 Å². The Balaban J connectivity index is 2.20. The van der Waals surface area contributed by atoms with Crippen LogP contribution in [0.1, 0.15) is 23.8 Å². The summed E-state index contributed by atoms with van der Waals surface area (Å²) in [7, 11) is 0. The van der Waals surface area contributed by atoms with Crippen LogP contribution in [0.15, 0.2) is 29.3 Å². The van der Waals surface area contributed by atoms with E-state index in [1.54, 1.807) is 6.20 Å². The molecule has 0 radical (unpaired) electrons. The number of hydrogen-bond acceptors (Lipinski definition) is 4. The summed E-state index contributed by atoms with van der Waals surface area (Å²) in [5.74, 6) is -0.374. The van der Waals surface area contributed by atoms with Crippen LogP contribution in [0.5, 0.6) is 0 Å². The highest BCUT2D eigenvalue weighted by Crippen LogP contribution is 2.03. The van der Waals surface area contributed by atoms with Crippen LogP contribution in [-0.4, -0.2) is 25.9 Å². The van der Waals surface area contributed by atoms with Crippen LogP contribution < -0.4 is 10.9 Å². The molecule has 0 aliphatic carbocycles. The summed E-state index contributed by atoms with van der Waals surface area (Å²) in [5, 5.41) is 12.9. The average molecular weight is 247 g/mol. The van der Waals surface area contributed by atoms with Crippen LogP contribution in [-0.2, 0) is 6.54 Å². The third-order valence-corrected chi connectivity index (χ3v) is 2.29. The number of carbonyl (C=O) groups excluding carboxylic acids is 1. The molecule has 2 heterocycles. The second-order valence-corrected chi connectivity index (χ2v) is 3.72. The second-order valence-electron chi connectivity index (χ2n) is 3.72. The lowest BCUT2D eigenvalue weighted by molar-refractivity contribution is 0.102. The molecule has 0 saturated heterocycles. The summed E-state index contributed by atoms with van der Waals surface area (Å²) in [5.41, 5.74) is 0.538. The van der Waals surface area contributed by atoms with E-state index in [9.17, 15) is 9.59 Å². The van der Waals surface area contributed by atoms with E-state index < -0.39 is 0 Å². The molecule has 0 aliphatic rings. The van der Waals surface area contributed by atoms with Gasteiger partial charge in [-0.15, -0.1) is 0 Å². The van der Waals surface area contributed by atoms with Gasteiger partial charge in [0.25, 0.3) is 11.5 Å². The number of nitrogens with zero attached hydrogens (tertiary/aromatic N) is 3. The molecule has 0 unspecified atom stereocenters. The number of anilines is 1. The van der Waals surface area contributed by atoms with Crippen molar-refractivity contribution >= 4 is 11.6 Å². The van der Waals surface area contributed by atoms with Gasteiger partial charge in [-0.25, -0.2) is 4.68 Å². The van der Waals surface area contributed by atoms with Crippen molar-refractivity contribution in [2.45, 2.75) is 19.9 Å². The minimum atomic E-state index is -0.374. The van der Waals surface area contributed by atoms with Crippen molar-refractivity contribution in [3.63, 3.8) is 0 Å². The second kappa shape index (κ2) is 5.26. The lowest BCUT2D eigenvalue weighted by Gasteiger charge is -2.05. The first-order valence-corrected chi connectivity index (χ1v) is 5.59. The highest BCUT2D eigenvalue weighted by molar-refractivity contribution is 6.02. The van der Waals surface area contributed by atoms with E-state index in [0.717, 1.165) is 6.42 Å². The standard InChI is InChI=1S/C11H13N5O2/c1-2-5-16-10(17)4-3-9(15-16)11(18)14-8-6-12-13-7-8/h3-4,6-7H,2,5H2,1H3,(H,12,13)(H,14,18). The molecule has 2 N–H and O–H groups in total. The predicted octanol–water partition coefficient (Wildman–Crippen LogP) is 0.629. The Labute approximate surface area is 103 Å². The number of aryl methyl sites for hydroxylation is 1. The van der Waals surface area contributed by atoms with Crippen molar-refractivity contribution in [3.8, 4) is 0 Å². The maximum Gasteiger partial charge on any atom is 0.276 e. The lowest BCUT2D eigenvalue weighted by Crippen LogP contribution is -2.26. The summed E-state index contributed by atoms with van der Waals surface area (Å²) in [6.07, 6.45) is 3.82. The van der Waals surface area contributed by atoms with Gasteiger partial charge in [0.1, 0.15) is 5.69 Å². The summed E-state index contributed by atoms with van der Waals surface area (Å²) >= 11 is 0. The molecule has 7 nitrogen and oxygen atoms in total. The highest BCUT2D eigenvalue weighted by Gasteiger charge is 2.10. The van der Waals surface area contributed by atoms with Gasteiger partial charge < -0.3 is 5.32 Å². The van der Waals surface area contributed by atoms with Crippen molar-refractivity contribution in [2.24, 2.45) is 0 Å². The first-order valence-electron chi connectivity index (χ1n) is 5.59. The van der Waals surface area contributed by atoms with Gasteiger partial charge in [0.2, 0.25) is 0 Å². The average Bonchev–Trinajstić information content (AvgIpc) is 2.85. The lowest BCUT2D eigenvalue weighted by atomic mass is 10.3. The molecule has 2 aromatic heterocycles. The van der Waals surface area contributed by atoms with Crippen LogP contribution in [0.3, 0.4) is 0 Å². The molecular formula is C11H13N5O2. The van der Waals surface area contributed by atoms with E-state index in [1.165, 1.54) is 23.0 Å². The fourth-order valence-electron chi connectivity index (χ4n) is 1.46. The summed E-state index contributed by atoms with van der Waals surface area (Å²) in [4.78, 5) is 23.3. The van der Waals surface area contributed by atoms with Crippen molar-refractivity contribution in [1.82, 2.24) is 20.0 Å². The Morgan fingerprint density at radius 3 is 3.00 bits per heavy atom. The number of carbonyl (C=O) groups is 1. The topological polar surface area (TPSA) is 92.7 Å². The van der Waals surface area contributed by atoms with Gasteiger partial charge in [0.05, 0.1) is 11.9 Å². The number of H-pyrrole nitrogens is 1. The van der Waals surface area contributed by atoms with E-state index in [-0.39, 0.29) is 17.2 Å². The smallest absolute Gasteiger partial charge is 0.276 e. The molecule has 0 fully saturated rings. The zero-order chi connectivity index (χ0) is 13.0. The predicted molar refractivity (Wildman–Crippen MR) is 65.3 cm³/mol. The van der Waals surface area contributed by atoms with Crippen molar-refractivity contribution in [3.05, 3.63) is 40.6 Å². The van der Waals surface area contributed by atoms with E-state index >= 15 is 0 Å². The Kier molecular flexibility index (Phi) is 3.52. The van der Waals surface area contributed by atoms with Crippen LogP contribution in [0.25, 0.3) is 0 Å². The molecule has 0 saturated carbocycles. The zero-order valence-electron chi connectivity index (χ0n) is 9.88. The van der Waals surface area contributed by atoms with E-state index in [0.29, 0.717) is 12.2 Å². The molecular weight excluding hydrogens is 234 g/mol. The Morgan fingerprint density at radius 1 is 1.50 bits per heavy atom. The fourth-order valence-corrected chi connectivity index (χ4v) is 1.46. The van der Waals surface area contributed by atoms with Gasteiger partial charge in [-0.2, -0.15) is 10.2 Å². The summed E-state index contributed by atoms with van der Waals surface area (Å²) in [6, 6.07) is 2.75. The van der Waals surface area contributed by atoms with Gasteiger partial charge in [-0.1, -0.05) is 6.92 Å². The molecule has 0 aliphatic heterocycles. The van der Waals surface area contributed by atoms with E-state index in [1.807, 2.05) is 6.92 Å². The quantitative estimate of drug-likeness (QED) is 0.828. The molecule has 0 atom stereocenters. The Morgan fingerprint density at radius 2 is 2.33 bits per heavy atom. The molecule has 18 heavy (non-hydrogen) atoms. The maximum atomic E-state index is 11.8. The zero-order valence-corrected chi connectivity index (χ0v) is 9.88. The third kappa shape index (κ3) is 2.62. The summed E-state index contributed by atoms with van der Waals surface area (Å²) < 4.78 is 1.28. The van der Waals surface area contributed by atoms with Crippen LogP contribution in [0, 0.1) is 0 Å². The molecule has 2 rings (SSSR count). The first kappa shape index (κ1) is 12.0. The highest BCUT2D eigenvalue weighted by atomic mass is 16.2. The largest absolute Gasteiger partial charge is 0.318 e. The molecule has 94 valence electrons. The SMILES string of the molecule is CCCn1nc(C(=O)Nc2cn[nH]c2)ccc1=O. The van der Waals surface area contributed by atoms with Gasteiger partial charge in [0, 0.05) is 18.8 Å². The van der Waals surface area contributed by atoms with Gasteiger partial charge in [0.15, 0.2) is 0 Å². The molecule has 1 amide bonds. The number of hydrogen-bond donors (Lipinski definition) is 2. The molecule has 2 aromatic rings. The van der Waals surface area contributed by atoms with E-state index in [2.05, 4.69) is 20.6 Å². The Bertz CT molecular complexity index is 588. The van der Waals surface area contributed by atoms with Gasteiger partial charge >= 0.3 is 0 Å². The first-order chi connectivity index (χ1) is 8.70. The van der Waals surface area contributed by atoms with Crippen LogP contribution in [0.4, 0.5) is 5.69 Å².